The van der Waals surface area contributed by atoms with Crippen LogP contribution in [-0.4, -0.2) is 74.6 Å². The van der Waals surface area contributed by atoms with Crippen molar-refractivity contribution >= 4 is 29.9 Å². The van der Waals surface area contributed by atoms with Gasteiger partial charge in [-0.3, -0.25) is 9.89 Å². The molecule has 1 aromatic rings. The molecule has 0 saturated carbocycles. The molecule has 2 unspecified atom stereocenters. The molecule has 0 radical (unpaired) electrons. The van der Waals surface area contributed by atoms with E-state index in [2.05, 4.69) is 41.3 Å². The Hall–Kier alpha value is -0.900. The molecule has 7 heteroatoms. The maximum Gasteiger partial charge on any atom is 0.191 e. The zero-order valence-electron chi connectivity index (χ0n) is 17.4. The van der Waals surface area contributed by atoms with Gasteiger partial charge in [0.25, 0.3) is 0 Å². The lowest BCUT2D eigenvalue weighted by atomic mass is 10.0. The summed E-state index contributed by atoms with van der Waals surface area (Å²) in [5.74, 6) is 1.45. The van der Waals surface area contributed by atoms with Crippen LogP contribution in [-0.2, 0) is 4.74 Å². The Labute approximate surface area is 187 Å². The quantitative estimate of drug-likeness (QED) is 0.274. The summed E-state index contributed by atoms with van der Waals surface area (Å²) < 4.78 is 5.91. The fraction of sp³-hybridized carbons (Fsp3) is 0.667. The molecule has 3 N–H and O–H groups in total. The van der Waals surface area contributed by atoms with E-state index in [0.717, 1.165) is 50.9 Å². The van der Waals surface area contributed by atoms with Gasteiger partial charge in [0.15, 0.2) is 5.96 Å². The zero-order valence-corrected chi connectivity index (χ0v) is 19.8. The third kappa shape index (κ3) is 9.07. The number of aliphatic imine (C=N–C) groups is 1. The third-order valence-corrected chi connectivity index (χ3v) is 4.65. The van der Waals surface area contributed by atoms with Crippen LogP contribution >= 0.6 is 24.0 Å². The fourth-order valence-electron chi connectivity index (χ4n) is 3.33. The molecule has 1 aromatic carbocycles. The van der Waals surface area contributed by atoms with E-state index in [1.807, 2.05) is 30.3 Å². The van der Waals surface area contributed by atoms with E-state index in [-0.39, 0.29) is 42.6 Å². The summed E-state index contributed by atoms with van der Waals surface area (Å²) in [6.45, 7) is 12.6. The van der Waals surface area contributed by atoms with Crippen molar-refractivity contribution in [2.45, 2.75) is 32.8 Å². The minimum Gasteiger partial charge on any atom is -0.396 e. The number of aliphatic hydroxyl groups is 1. The van der Waals surface area contributed by atoms with E-state index in [4.69, 9.17) is 4.74 Å². The van der Waals surface area contributed by atoms with Crippen molar-refractivity contribution in [1.82, 2.24) is 15.5 Å². The molecule has 0 bridgehead atoms. The molecule has 1 aliphatic rings. The van der Waals surface area contributed by atoms with Crippen molar-refractivity contribution in [3.8, 4) is 0 Å². The summed E-state index contributed by atoms with van der Waals surface area (Å²) in [6, 6.07) is 10.1. The number of benzene rings is 1. The molecule has 0 aromatic heterocycles. The van der Waals surface area contributed by atoms with Gasteiger partial charge in [0.2, 0.25) is 0 Å². The van der Waals surface area contributed by atoms with Crippen LogP contribution in [0.3, 0.4) is 0 Å². The molecule has 1 fully saturated rings. The summed E-state index contributed by atoms with van der Waals surface area (Å²) in [5.41, 5.74) is 1.11. The lowest BCUT2D eigenvalue weighted by Crippen LogP contribution is -2.50. The van der Waals surface area contributed by atoms with E-state index in [1.54, 1.807) is 0 Å². The topological polar surface area (TPSA) is 69.1 Å². The summed E-state index contributed by atoms with van der Waals surface area (Å²) >= 11 is 0. The molecule has 160 valence electrons. The van der Waals surface area contributed by atoms with Gasteiger partial charge >= 0.3 is 0 Å². The Kier molecular flexibility index (Phi) is 12.7. The van der Waals surface area contributed by atoms with E-state index in [1.165, 1.54) is 0 Å². The van der Waals surface area contributed by atoms with E-state index < -0.39 is 0 Å². The van der Waals surface area contributed by atoms with Crippen molar-refractivity contribution in [3.63, 3.8) is 0 Å². The number of aliphatic hydroxyl groups excluding tert-OH is 1. The lowest BCUT2D eigenvalue weighted by molar-refractivity contribution is -0.0284. The third-order valence-electron chi connectivity index (χ3n) is 4.65. The Morgan fingerprint density at radius 1 is 1.29 bits per heavy atom. The van der Waals surface area contributed by atoms with Crippen LogP contribution in [0.4, 0.5) is 0 Å². The minimum absolute atomic E-state index is 0. The van der Waals surface area contributed by atoms with Gasteiger partial charge in [0.05, 0.1) is 25.9 Å². The molecule has 1 saturated heterocycles. The molecule has 0 spiro atoms. The van der Waals surface area contributed by atoms with Crippen molar-refractivity contribution < 1.29 is 9.84 Å². The van der Waals surface area contributed by atoms with Crippen molar-refractivity contribution in [2.75, 3.05) is 52.5 Å². The molecule has 0 amide bonds. The second kappa shape index (κ2) is 14.1. The fourth-order valence-corrected chi connectivity index (χ4v) is 3.33. The number of nitrogens with zero attached hydrogens (tertiary/aromatic N) is 2. The first-order valence-electron chi connectivity index (χ1n) is 10.1. The summed E-state index contributed by atoms with van der Waals surface area (Å²) in [7, 11) is 0. The zero-order chi connectivity index (χ0) is 19.5. The Balaban J connectivity index is 0.00000392. The molecule has 1 aliphatic heterocycles. The van der Waals surface area contributed by atoms with Gasteiger partial charge < -0.3 is 20.5 Å². The van der Waals surface area contributed by atoms with Crippen LogP contribution in [0.5, 0.6) is 0 Å². The smallest absolute Gasteiger partial charge is 0.191 e. The number of morpholine rings is 1. The molecular weight excluding hydrogens is 467 g/mol. The predicted molar refractivity (Wildman–Crippen MR) is 127 cm³/mol. The normalized spacial score (nSPS) is 19.2. The van der Waals surface area contributed by atoms with Crippen LogP contribution in [0.25, 0.3) is 0 Å². The Morgan fingerprint density at radius 2 is 2.04 bits per heavy atom. The molecule has 1 heterocycles. The van der Waals surface area contributed by atoms with Gasteiger partial charge in [-0.1, -0.05) is 44.2 Å². The van der Waals surface area contributed by atoms with Gasteiger partial charge in [0.1, 0.15) is 0 Å². The van der Waals surface area contributed by atoms with Crippen molar-refractivity contribution in [3.05, 3.63) is 35.9 Å². The highest BCUT2D eigenvalue weighted by Gasteiger charge is 2.21. The number of halogens is 1. The molecule has 2 rings (SSSR count). The SMILES string of the molecule is CCNC(=NCC(CO)c1ccccc1)NCC1CN(CC(C)C)CCO1.I. The summed E-state index contributed by atoms with van der Waals surface area (Å²) in [6.07, 6.45) is 0.170. The standard InChI is InChI=1S/C21H36N4O2.HI/c1-4-22-21(23-12-19(16-26)18-8-6-5-7-9-18)24-13-20-15-25(10-11-27-20)14-17(2)3;/h5-9,17,19-20,26H,4,10-16H2,1-3H3,(H2,22,23,24);1H. The lowest BCUT2D eigenvalue weighted by Gasteiger charge is -2.34. The minimum atomic E-state index is 0. The Morgan fingerprint density at radius 3 is 2.68 bits per heavy atom. The number of nitrogens with one attached hydrogen (secondary N) is 2. The summed E-state index contributed by atoms with van der Waals surface area (Å²) in [5, 5.41) is 16.4. The highest BCUT2D eigenvalue weighted by atomic mass is 127. The van der Waals surface area contributed by atoms with E-state index in [0.29, 0.717) is 12.5 Å². The first kappa shape index (κ1) is 25.1. The molecule has 28 heavy (non-hydrogen) atoms. The first-order chi connectivity index (χ1) is 13.1. The summed E-state index contributed by atoms with van der Waals surface area (Å²) in [4.78, 5) is 7.15. The molecular formula is C21H37IN4O2. The maximum absolute atomic E-state index is 9.72. The van der Waals surface area contributed by atoms with Crippen LogP contribution in [0.2, 0.25) is 0 Å². The second-order valence-electron chi connectivity index (χ2n) is 7.54. The van der Waals surface area contributed by atoms with Crippen LogP contribution in [0.1, 0.15) is 32.3 Å². The molecule has 2 atom stereocenters. The number of hydrogen-bond donors (Lipinski definition) is 3. The van der Waals surface area contributed by atoms with Gasteiger partial charge in [-0.05, 0) is 18.4 Å². The van der Waals surface area contributed by atoms with E-state index in [9.17, 15) is 5.11 Å². The number of rotatable bonds is 9. The van der Waals surface area contributed by atoms with Gasteiger partial charge in [-0.25, -0.2) is 0 Å². The average Bonchev–Trinajstić information content (AvgIpc) is 2.67. The monoisotopic (exact) mass is 504 g/mol. The highest BCUT2D eigenvalue weighted by Crippen LogP contribution is 2.15. The van der Waals surface area contributed by atoms with Crippen LogP contribution in [0, 0.1) is 5.92 Å². The first-order valence-corrected chi connectivity index (χ1v) is 10.1. The molecule has 0 aliphatic carbocycles. The van der Waals surface area contributed by atoms with Gasteiger partial charge in [0, 0.05) is 38.6 Å². The number of hydrogen-bond acceptors (Lipinski definition) is 4. The van der Waals surface area contributed by atoms with Crippen molar-refractivity contribution in [1.29, 1.82) is 0 Å². The van der Waals surface area contributed by atoms with E-state index >= 15 is 0 Å². The van der Waals surface area contributed by atoms with Crippen LogP contribution in [0.15, 0.2) is 35.3 Å². The van der Waals surface area contributed by atoms with Crippen LogP contribution < -0.4 is 10.6 Å². The second-order valence-corrected chi connectivity index (χ2v) is 7.54. The number of guanidine groups is 1. The largest absolute Gasteiger partial charge is 0.396 e. The highest BCUT2D eigenvalue weighted by molar-refractivity contribution is 14.0. The maximum atomic E-state index is 9.72. The van der Waals surface area contributed by atoms with Gasteiger partial charge in [-0.15, -0.1) is 24.0 Å². The van der Waals surface area contributed by atoms with Gasteiger partial charge in [-0.2, -0.15) is 0 Å². The predicted octanol–water partition coefficient (Wildman–Crippen LogP) is 2.29. The average molecular weight is 504 g/mol. The Bertz CT molecular complexity index is 557. The molecule has 6 nitrogen and oxygen atoms in total. The number of ether oxygens (including phenoxy) is 1. The van der Waals surface area contributed by atoms with Crippen molar-refractivity contribution in [2.24, 2.45) is 10.9 Å².